The summed E-state index contributed by atoms with van der Waals surface area (Å²) in [5, 5.41) is 0. The lowest BCUT2D eigenvalue weighted by molar-refractivity contribution is 0.0918. The van der Waals surface area contributed by atoms with E-state index in [9.17, 15) is 0 Å². The van der Waals surface area contributed by atoms with Crippen molar-refractivity contribution in [2.75, 3.05) is 13.1 Å². The van der Waals surface area contributed by atoms with Gasteiger partial charge in [-0.1, -0.05) is 18.9 Å². The quantitative estimate of drug-likeness (QED) is 0.902. The van der Waals surface area contributed by atoms with Crippen molar-refractivity contribution in [2.24, 2.45) is 5.73 Å². The Balaban J connectivity index is 1.76. The molecular formula is C16H25N3. The Morgan fingerprint density at radius 3 is 2.53 bits per heavy atom. The standard InChI is InChI=1S/C16H25N3/c17-15(13-14-7-1-4-10-18-14)16(8-2-3-9-16)19-11-5-6-12-19/h1,4,7,10,15H,2-3,5-6,8-9,11-13,17H2. The van der Waals surface area contributed by atoms with E-state index >= 15 is 0 Å². The fraction of sp³-hybridized carbons (Fsp3) is 0.688. The van der Waals surface area contributed by atoms with Gasteiger partial charge in [0, 0.05) is 29.9 Å². The van der Waals surface area contributed by atoms with Crippen LogP contribution in [0.3, 0.4) is 0 Å². The summed E-state index contributed by atoms with van der Waals surface area (Å²) in [6.07, 6.45) is 10.7. The Bertz CT molecular complexity index is 392. The summed E-state index contributed by atoms with van der Waals surface area (Å²) in [6, 6.07) is 6.36. The number of hydrogen-bond acceptors (Lipinski definition) is 3. The second-order valence-electron chi connectivity index (χ2n) is 6.14. The van der Waals surface area contributed by atoms with Crippen molar-refractivity contribution in [3.8, 4) is 0 Å². The van der Waals surface area contributed by atoms with Crippen LogP contribution < -0.4 is 5.73 Å². The van der Waals surface area contributed by atoms with Gasteiger partial charge in [0.1, 0.15) is 0 Å². The summed E-state index contributed by atoms with van der Waals surface area (Å²) in [5.74, 6) is 0. The fourth-order valence-electron chi connectivity index (χ4n) is 4.01. The molecule has 0 spiro atoms. The van der Waals surface area contributed by atoms with Crippen molar-refractivity contribution in [1.29, 1.82) is 0 Å². The van der Waals surface area contributed by atoms with E-state index in [4.69, 9.17) is 5.73 Å². The van der Waals surface area contributed by atoms with Crippen LogP contribution >= 0.6 is 0 Å². The van der Waals surface area contributed by atoms with Gasteiger partial charge in [-0.05, 0) is 50.9 Å². The zero-order valence-corrected chi connectivity index (χ0v) is 11.7. The summed E-state index contributed by atoms with van der Waals surface area (Å²) in [4.78, 5) is 7.14. The number of nitrogens with two attached hydrogens (primary N) is 1. The Kier molecular flexibility index (Phi) is 3.85. The highest BCUT2D eigenvalue weighted by atomic mass is 15.2. The number of pyridine rings is 1. The summed E-state index contributed by atoms with van der Waals surface area (Å²) < 4.78 is 0. The number of nitrogens with zero attached hydrogens (tertiary/aromatic N) is 2. The minimum Gasteiger partial charge on any atom is -0.326 e. The first-order valence-corrected chi connectivity index (χ1v) is 7.72. The van der Waals surface area contributed by atoms with Crippen LogP contribution in [0.5, 0.6) is 0 Å². The van der Waals surface area contributed by atoms with Gasteiger partial charge in [0.05, 0.1) is 0 Å². The molecule has 1 aromatic heterocycles. The predicted octanol–water partition coefficient (Wildman–Crippen LogP) is 2.36. The predicted molar refractivity (Wildman–Crippen MR) is 77.9 cm³/mol. The van der Waals surface area contributed by atoms with E-state index in [2.05, 4.69) is 22.0 Å². The molecule has 0 aromatic carbocycles. The first-order valence-electron chi connectivity index (χ1n) is 7.72. The molecule has 0 amide bonds. The normalized spacial score (nSPS) is 24.7. The second kappa shape index (κ2) is 5.59. The highest BCUT2D eigenvalue weighted by Gasteiger charge is 2.45. The van der Waals surface area contributed by atoms with Crippen LogP contribution in [-0.2, 0) is 6.42 Å². The Hall–Kier alpha value is -0.930. The zero-order valence-electron chi connectivity index (χ0n) is 11.7. The maximum absolute atomic E-state index is 6.64. The molecule has 0 radical (unpaired) electrons. The van der Waals surface area contributed by atoms with E-state index in [1.54, 1.807) is 0 Å². The van der Waals surface area contributed by atoms with Gasteiger partial charge in [-0.25, -0.2) is 0 Å². The molecule has 1 saturated carbocycles. The van der Waals surface area contributed by atoms with Crippen molar-refractivity contribution >= 4 is 0 Å². The largest absolute Gasteiger partial charge is 0.326 e. The lowest BCUT2D eigenvalue weighted by atomic mass is 9.84. The SMILES string of the molecule is NC(Cc1ccccn1)C1(N2CCCC2)CCCC1. The van der Waals surface area contributed by atoms with Gasteiger partial charge in [0.15, 0.2) is 0 Å². The number of aromatic nitrogens is 1. The molecule has 1 saturated heterocycles. The van der Waals surface area contributed by atoms with Gasteiger partial charge in [-0.15, -0.1) is 0 Å². The molecule has 2 N–H and O–H groups in total. The molecule has 2 fully saturated rings. The third-order valence-corrected chi connectivity index (χ3v) is 5.05. The van der Waals surface area contributed by atoms with Gasteiger partial charge in [0.2, 0.25) is 0 Å². The molecule has 0 bridgehead atoms. The minimum absolute atomic E-state index is 0.225. The van der Waals surface area contributed by atoms with E-state index in [0.717, 1.165) is 12.1 Å². The third-order valence-electron chi connectivity index (χ3n) is 5.05. The third kappa shape index (κ3) is 2.54. The van der Waals surface area contributed by atoms with Crippen LogP contribution in [0.1, 0.15) is 44.2 Å². The first kappa shape index (κ1) is 13.1. The molecule has 2 aliphatic rings. The zero-order chi connectivity index (χ0) is 13.1. The van der Waals surface area contributed by atoms with Crippen molar-refractivity contribution in [3.63, 3.8) is 0 Å². The fourth-order valence-corrected chi connectivity index (χ4v) is 4.01. The average molecular weight is 259 g/mol. The molecule has 1 aromatic rings. The van der Waals surface area contributed by atoms with Crippen LogP contribution in [0.2, 0.25) is 0 Å². The highest BCUT2D eigenvalue weighted by molar-refractivity contribution is 5.11. The van der Waals surface area contributed by atoms with Crippen molar-refractivity contribution in [3.05, 3.63) is 30.1 Å². The topological polar surface area (TPSA) is 42.1 Å². The smallest absolute Gasteiger partial charge is 0.0419 e. The molecule has 2 heterocycles. The molecule has 104 valence electrons. The molecule has 3 heteroatoms. The van der Waals surface area contributed by atoms with E-state index in [0.29, 0.717) is 0 Å². The van der Waals surface area contributed by atoms with Crippen LogP contribution in [0, 0.1) is 0 Å². The summed E-state index contributed by atoms with van der Waals surface area (Å²) in [7, 11) is 0. The molecule has 3 rings (SSSR count). The maximum Gasteiger partial charge on any atom is 0.0419 e. The summed E-state index contributed by atoms with van der Waals surface area (Å²) in [6.45, 7) is 2.49. The maximum atomic E-state index is 6.64. The first-order chi connectivity index (χ1) is 9.31. The van der Waals surface area contributed by atoms with Crippen molar-refractivity contribution < 1.29 is 0 Å². The second-order valence-corrected chi connectivity index (χ2v) is 6.14. The van der Waals surface area contributed by atoms with Crippen LogP contribution in [0.15, 0.2) is 24.4 Å². The van der Waals surface area contributed by atoms with Crippen LogP contribution in [0.25, 0.3) is 0 Å². The number of likely N-dealkylation sites (tertiary alicyclic amines) is 1. The van der Waals surface area contributed by atoms with Gasteiger partial charge >= 0.3 is 0 Å². The Labute approximate surface area is 116 Å². The van der Waals surface area contributed by atoms with Gasteiger partial charge in [0.25, 0.3) is 0 Å². The molecular weight excluding hydrogens is 234 g/mol. The van der Waals surface area contributed by atoms with Crippen molar-refractivity contribution in [1.82, 2.24) is 9.88 Å². The lowest BCUT2D eigenvalue weighted by Crippen LogP contribution is -2.58. The Morgan fingerprint density at radius 1 is 1.16 bits per heavy atom. The van der Waals surface area contributed by atoms with Gasteiger partial charge in [-0.3, -0.25) is 9.88 Å². The summed E-state index contributed by atoms with van der Waals surface area (Å²) in [5.41, 5.74) is 8.04. The van der Waals surface area contributed by atoms with Gasteiger partial charge in [-0.2, -0.15) is 0 Å². The molecule has 1 unspecified atom stereocenters. The van der Waals surface area contributed by atoms with E-state index in [-0.39, 0.29) is 11.6 Å². The number of hydrogen-bond donors (Lipinski definition) is 1. The van der Waals surface area contributed by atoms with Crippen LogP contribution in [0.4, 0.5) is 0 Å². The lowest BCUT2D eigenvalue weighted by Gasteiger charge is -2.43. The molecule has 3 nitrogen and oxygen atoms in total. The average Bonchev–Trinajstić information content (AvgIpc) is 3.12. The highest BCUT2D eigenvalue weighted by Crippen LogP contribution is 2.40. The van der Waals surface area contributed by atoms with Crippen LogP contribution in [-0.4, -0.2) is 34.6 Å². The Morgan fingerprint density at radius 2 is 1.89 bits per heavy atom. The van der Waals surface area contributed by atoms with E-state index < -0.39 is 0 Å². The molecule has 1 aliphatic heterocycles. The minimum atomic E-state index is 0.225. The summed E-state index contributed by atoms with van der Waals surface area (Å²) >= 11 is 0. The number of rotatable bonds is 4. The van der Waals surface area contributed by atoms with Crippen molar-refractivity contribution in [2.45, 2.75) is 56.5 Å². The molecule has 19 heavy (non-hydrogen) atoms. The van der Waals surface area contributed by atoms with E-state index in [1.807, 2.05) is 12.3 Å². The monoisotopic (exact) mass is 259 g/mol. The van der Waals surface area contributed by atoms with E-state index in [1.165, 1.54) is 51.6 Å². The molecule has 1 aliphatic carbocycles. The van der Waals surface area contributed by atoms with Gasteiger partial charge < -0.3 is 5.73 Å². The molecule has 1 atom stereocenters.